The van der Waals surface area contributed by atoms with Gasteiger partial charge >= 0.3 is 5.97 Å². The largest absolute Gasteiger partial charge is 0.506 e. The third-order valence-electron chi connectivity index (χ3n) is 3.84. The molecule has 0 aliphatic carbocycles. The lowest BCUT2D eigenvalue weighted by atomic mass is 10.2. The van der Waals surface area contributed by atoms with E-state index in [9.17, 15) is 14.7 Å². The second-order valence-corrected chi connectivity index (χ2v) is 7.10. The van der Waals surface area contributed by atoms with Gasteiger partial charge < -0.3 is 25.0 Å². The number of carbonyl (C=O) groups excluding carboxylic acids is 1. The van der Waals surface area contributed by atoms with Crippen LogP contribution < -0.4 is 14.8 Å². The molecule has 2 aromatic carbocycles. The highest BCUT2D eigenvalue weighted by Gasteiger charge is 2.24. The average molecular weight is 414 g/mol. The molecule has 8 nitrogen and oxygen atoms in total. The standard InChI is InChI=1S/C20H18N2O6S/c1-11-3-5-14(23)13(7-11)21-20-22-19(26)17(29-20)9-12-4-6-15(16(8-12)27-2)28-10-18(24)25/h3-9,23H,10H2,1-2H3,(H,24,25)(H,21,22,26)/b17-9+. The number of benzene rings is 2. The van der Waals surface area contributed by atoms with E-state index in [0.29, 0.717) is 27.1 Å². The van der Waals surface area contributed by atoms with E-state index in [0.717, 1.165) is 17.3 Å². The number of hydrogen-bond donors (Lipinski definition) is 3. The van der Waals surface area contributed by atoms with Crippen LogP contribution in [0.2, 0.25) is 0 Å². The molecule has 0 saturated carbocycles. The van der Waals surface area contributed by atoms with Gasteiger partial charge in [-0.05, 0) is 60.2 Å². The van der Waals surface area contributed by atoms with Crippen molar-refractivity contribution in [3.63, 3.8) is 0 Å². The van der Waals surface area contributed by atoms with Crippen molar-refractivity contribution in [3.8, 4) is 17.2 Å². The van der Waals surface area contributed by atoms with E-state index in [1.54, 1.807) is 42.5 Å². The van der Waals surface area contributed by atoms with Crippen LogP contribution in [0.25, 0.3) is 6.08 Å². The van der Waals surface area contributed by atoms with Crippen LogP contribution in [0.15, 0.2) is 46.3 Å². The summed E-state index contributed by atoms with van der Waals surface area (Å²) in [5.41, 5.74) is 1.97. The first-order valence-corrected chi connectivity index (χ1v) is 9.29. The van der Waals surface area contributed by atoms with E-state index in [2.05, 4.69) is 10.3 Å². The van der Waals surface area contributed by atoms with Crippen molar-refractivity contribution < 1.29 is 29.3 Å². The number of carboxylic acid groups (broad SMARTS) is 1. The second-order valence-electron chi connectivity index (χ2n) is 6.07. The van der Waals surface area contributed by atoms with Crippen LogP contribution in [-0.2, 0) is 9.59 Å². The molecule has 29 heavy (non-hydrogen) atoms. The smallest absolute Gasteiger partial charge is 0.341 e. The number of phenols is 1. The number of ether oxygens (including phenoxy) is 2. The normalized spacial score (nSPS) is 16.1. The number of aliphatic carboxylic acids is 1. The Kier molecular flexibility index (Phi) is 6.08. The van der Waals surface area contributed by atoms with E-state index in [1.807, 2.05) is 6.92 Å². The molecule has 0 aromatic heterocycles. The molecule has 150 valence electrons. The predicted octanol–water partition coefficient (Wildman–Crippen LogP) is 3.06. The van der Waals surface area contributed by atoms with Gasteiger partial charge in [-0.3, -0.25) is 4.79 Å². The maximum atomic E-state index is 12.3. The molecule has 3 rings (SSSR count). The number of aromatic hydroxyl groups is 1. The van der Waals surface area contributed by atoms with Crippen molar-refractivity contribution in [2.24, 2.45) is 4.99 Å². The molecule has 0 radical (unpaired) electrons. The molecule has 1 saturated heterocycles. The molecule has 1 amide bonds. The fourth-order valence-corrected chi connectivity index (χ4v) is 3.33. The summed E-state index contributed by atoms with van der Waals surface area (Å²) in [5.74, 6) is -0.743. The summed E-state index contributed by atoms with van der Waals surface area (Å²) in [4.78, 5) is 27.6. The number of aliphatic imine (C=N–C) groups is 1. The summed E-state index contributed by atoms with van der Waals surface area (Å²) in [6, 6.07) is 9.93. The van der Waals surface area contributed by atoms with Gasteiger partial charge in [-0.25, -0.2) is 9.79 Å². The van der Waals surface area contributed by atoms with Crippen molar-refractivity contribution >= 4 is 40.6 Å². The van der Waals surface area contributed by atoms with Gasteiger partial charge in [-0.1, -0.05) is 12.1 Å². The van der Waals surface area contributed by atoms with Crippen LogP contribution in [0.5, 0.6) is 17.2 Å². The van der Waals surface area contributed by atoms with Crippen molar-refractivity contribution in [1.29, 1.82) is 0 Å². The van der Waals surface area contributed by atoms with Gasteiger partial charge in [0.1, 0.15) is 11.4 Å². The number of carboxylic acids is 1. The van der Waals surface area contributed by atoms with Crippen molar-refractivity contribution in [2.45, 2.75) is 6.92 Å². The highest BCUT2D eigenvalue weighted by Crippen LogP contribution is 2.34. The zero-order valence-corrected chi connectivity index (χ0v) is 16.4. The van der Waals surface area contributed by atoms with E-state index in [1.165, 1.54) is 7.11 Å². The summed E-state index contributed by atoms with van der Waals surface area (Å²) in [5, 5.41) is 21.7. The number of nitrogens with zero attached hydrogens (tertiary/aromatic N) is 1. The Balaban J connectivity index is 1.82. The number of nitrogens with one attached hydrogen (secondary N) is 1. The molecular formula is C20H18N2O6S. The molecule has 3 N–H and O–H groups in total. The van der Waals surface area contributed by atoms with E-state index in [-0.39, 0.29) is 17.4 Å². The summed E-state index contributed by atoms with van der Waals surface area (Å²) in [6.07, 6.45) is 1.65. The fraction of sp³-hybridized carbons (Fsp3) is 0.150. The third kappa shape index (κ3) is 5.08. The maximum absolute atomic E-state index is 12.3. The minimum absolute atomic E-state index is 0.0251. The van der Waals surface area contributed by atoms with Gasteiger partial charge in [0.05, 0.1) is 12.0 Å². The SMILES string of the molecule is COc1cc(/C=C2/SC(=Nc3cc(C)ccc3O)NC2=O)ccc1OCC(=O)O. The van der Waals surface area contributed by atoms with Gasteiger partial charge in [0.2, 0.25) is 0 Å². The number of rotatable bonds is 6. The van der Waals surface area contributed by atoms with E-state index < -0.39 is 12.6 Å². The highest BCUT2D eigenvalue weighted by molar-refractivity contribution is 8.18. The first-order valence-electron chi connectivity index (χ1n) is 8.47. The van der Waals surface area contributed by atoms with Gasteiger partial charge in [0, 0.05) is 0 Å². The van der Waals surface area contributed by atoms with Gasteiger partial charge in [-0.15, -0.1) is 0 Å². The molecule has 9 heteroatoms. The summed E-state index contributed by atoms with van der Waals surface area (Å²) in [7, 11) is 1.44. The van der Waals surface area contributed by atoms with Crippen LogP contribution in [0.1, 0.15) is 11.1 Å². The molecule has 0 atom stereocenters. The van der Waals surface area contributed by atoms with Gasteiger partial charge in [-0.2, -0.15) is 0 Å². The highest BCUT2D eigenvalue weighted by atomic mass is 32.2. The van der Waals surface area contributed by atoms with E-state index >= 15 is 0 Å². The van der Waals surface area contributed by atoms with Gasteiger partial charge in [0.15, 0.2) is 23.3 Å². The van der Waals surface area contributed by atoms with Crippen molar-refractivity contribution in [3.05, 3.63) is 52.4 Å². The average Bonchev–Trinajstić information content (AvgIpc) is 3.02. The van der Waals surface area contributed by atoms with Crippen LogP contribution in [0.3, 0.4) is 0 Å². The molecule has 0 spiro atoms. The monoisotopic (exact) mass is 414 g/mol. The number of carbonyl (C=O) groups is 2. The Bertz CT molecular complexity index is 1030. The Morgan fingerprint density at radius 2 is 2.03 bits per heavy atom. The Morgan fingerprint density at radius 1 is 1.24 bits per heavy atom. The number of thioether (sulfide) groups is 1. The molecular weight excluding hydrogens is 396 g/mol. The molecule has 1 aliphatic rings. The van der Waals surface area contributed by atoms with Crippen LogP contribution in [-0.4, -0.2) is 41.0 Å². The molecule has 0 bridgehead atoms. The lowest BCUT2D eigenvalue weighted by molar-refractivity contribution is -0.139. The first kappa shape index (κ1) is 20.3. The molecule has 0 unspecified atom stereocenters. The first-order chi connectivity index (χ1) is 13.9. The maximum Gasteiger partial charge on any atom is 0.341 e. The topological polar surface area (TPSA) is 117 Å². The number of hydrogen-bond acceptors (Lipinski definition) is 7. The quantitative estimate of drug-likeness (QED) is 0.622. The number of methoxy groups -OCH3 is 1. The van der Waals surface area contributed by atoms with Crippen molar-refractivity contribution in [1.82, 2.24) is 5.32 Å². The molecule has 2 aromatic rings. The zero-order chi connectivity index (χ0) is 21.0. The lowest BCUT2D eigenvalue weighted by Crippen LogP contribution is -2.19. The number of aryl methyl sites for hydroxylation is 1. The minimum atomic E-state index is -1.09. The molecule has 1 heterocycles. The van der Waals surface area contributed by atoms with Crippen LogP contribution >= 0.6 is 11.8 Å². The Labute approximate surface area is 170 Å². The number of amides is 1. The predicted molar refractivity (Wildman–Crippen MR) is 110 cm³/mol. The molecule has 1 aliphatic heterocycles. The van der Waals surface area contributed by atoms with Crippen molar-refractivity contribution in [2.75, 3.05) is 13.7 Å². The third-order valence-corrected chi connectivity index (χ3v) is 4.75. The molecule has 1 fully saturated rings. The summed E-state index contributed by atoms with van der Waals surface area (Å²) < 4.78 is 10.4. The Morgan fingerprint density at radius 3 is 2.76 bits per heavy atom. The second kappa shape index (κ2) is 8.70. The number of amidine groups is 1. The van der Waals surface area contributed by atoms with E-state index in [4.69, 9.17) is 14.6 Å². The fourth-order valence-electron chi connectivity index (χ4n) is 2.50. The van der Waals surface area contributed by atoms with Crippen LogP contribution in [0, 0.1) is 6.92 Å². The van der Waals surface area contributed by atoms with Gasteiger partial charge in [0.25, 0.3) is 5.91 Å². The summed E-state index contributed by atoms with van der Waals surface area (Å²) in [6.45, 7) is 1.40. The summed E-state index contributed by atoms with van der Waals surface area (Å²) >= 11 is 1.14. The zero-order valence-electron chi connectivity index (χ0n) is 15.6. The minimum Gasteiger partial charge on any atom is -0.506 e. The number of phenolic OH excluding ortho intramolecular Hbond substituents is 1. The van der Waals surface area contributed by atoms with Crippen LogP contribution in [0.4, 0.5) is 5.69 Å². The lowest BCUT2D eigenvalue weighted by Gasteiger charge is -2.09. The Hall–Kier alpha value is -3.46.